The number of rotatable bonds is 7. The SMILES string of the molecule is CCNCc1cc(S(=O)(=O)N(CC)C2CCCC2)c(C)o1. The molecule has 0 aromatic carbocycles. The molecule has 5 nitrogen and oxygen atoms in total. The van der Waals surface area contributed by atoms with Gasteiger partial charge in [0.2, 0.25) is 10.0 Å². The van der Waals surface area contributed by atoms with Crippen molar-refractivity contribution in [1.29, 1.82) is 0 Å². The predicted molar refractivity (Wildman–Crippen MR) is 82.6 cm³/mol. The Bertz CT molecular complexity index is 559. The van der Waals surface area contributed by atoms with Gasteiger partial charge < -0.3 is 9.73 Å². The molecule has 0 amide bonds. The van der Waals surface area contributed by atoms with E-state index in [9.17, 15) is 8.42 Å². The Morgan fingerprint density at radius 1 is 1.33 bits per heavy atom. The molecule has 6 heteroatoms. The first-order valence-electron chi connectivity index (χ1n) is 7.82. The molecule has 1 heterocycles. The summed E-state index contributed by atoms with van der Waals surface area (Å²) in [7, 11) is -3.46. The van der Waals surface area contributed by atoms with Crippen LogP contribution in [0.15, 0.2) is 15.4 Å². The largest absolute Gasteiger partial charge is 0.464 e. The number of nitrogens with zero attached hydrogens (tertiary/aromatic N) is 1. The summed E-state index contributed by atoms with van der Waals surface area (Å²) in [6, 6.07) is 1.82. The van der Waals surface area contributed by atoms with Crippen LogP contribution in [-0.4, -0.2) is 31.9 Å². The normalized spacial score (nSPS) is 17.0. The molecule has 1 N–H and O–H groups in total. The smallest absolute Gasteiger partial charge is 0.246 e. The van der Waals surface area contributed by atoms with Gasteiger partial charge in [-0.15, -0.1) is 0 Å². The standard InChI is InChI=1S/C15H26N2O3S/c1-4-16-11-14-10-15(12(3)20-14)21(18,19)17(5-2)13-8-6-7-9-13/h10,13,16H,4-9,11H2,1-3H3. The highest BCUT2D eigenvalue weighted by Crippen LogP contribution is 2.30. The molecule has 1 aliphatic carbocycles. The quantitative estimate of drug-likeness (QED) is 0.840. The third-order valence-electron chi connectivity index (χ3n) is 4.10. The topological polar surface area (TPSA) is 62.6 Å². The number of aryl methyl sites for hydroxylation is 1. The third-order valence-corrected chi connectivity index (χ3v) is 6.24. The van der Waals surface area contributed by atoms with E-state index in [0.29, 0.717) is 29.5 Å². The van der Waals surface area contributed by atoms with E-state index in [-0.39, 0.29) is 6.04 Å². The summed E-state index contributed by atoms with van der Waals surface area (Å²) in [4.78, 5) is 0.323. The second kappa shape index (κ2) is 6.94. The van der Waals surface area contributed by atoms with Gasteiger partial charge in [-0.3, -0.25) is 0 Å². The first-order chi connectivity index (χ1) is 10.0. The third kappa shape index (κ3) is 3.49. The maximum atomic E-state index is 12.9. The molecule has 0 radical (unpaired) electrons. The number of nitrogens with one attached hydrogen (secondary N) is 1. The van der Waals surface area contributed by atoms with Crippen molar-refractivity contribution >= 4 is 10.0 Å². The van der Waals surface area contributed by atoms with Crippen LogP contribution >= 0.6 is 0 Å². The number of hydrogen-bond acceptors (Lipinski definition) is 4. The first-order valence-corrected chi connectivity index (χ1v) is 9.26. The maximum Gasteiger partial charge on any atom is 0.246 e. The zero-order chi connectivity index (χ0) is 15.5. The van der Waals surface area contributed by atoms with Crippen LogP contribution in [0.25, 0.3) is 0 Å². The summed E-state index contributed by atoms with van der Waals surface area (Å²) in [5.41, 5.74) is 0. The lowest BCUT2D eigenvalue weighted by Gasteiger charge is -2.26. The Balaban J connectivity index is 2.27. The number of furan rings is 1. The molecule has 1 aromatic heterocycles. The van der Waals surface area contributed by atoms with E-state index in [1.54, 1.807) is 17.3 Å². The van der Waals surface area contributed by atoms with Crippen LogP contribution < -0.4 is 5.32 Å². The van der Waals surface area contributed by atoms with Crippen molar-refractivity contribution in [3.8, 4) is 0 Å². The van der Waals surface area contributed by atoms with Gasteiger partial charge in [0.15, 0.2) is 0 Å². The lowest BCUT2D eigenvalue weighted by atomic mass is 10.2. The highest BCUT2D eigenvalue weighted by atomic mass is 32.2. The summed E-state index contributed by atoms with van der Waals surface area (Å²) >= 11 is 0. The molecule has 0 saturated heterocycles. The van der Waals surface area contributed by atoms with E-state index >= 15 is 0 Å². The zero-order valence-electron chi connectivity index (χ0n) is 13.2. The van der Waals surface area contributed by atoms with Crippen LogP contribution in [0, 0.1) is 6.92 Å². The molecule has 0 spiro atoms. The van der Waals surface area contributed by atoms with E-state index in [0.717, 1.165) is 32.2 Å². The highest BCUT2D eigenvalue weighted by Gasteiger charge is 2.34. The fourth-order valence-corrected chi connectivity index (χ4v) is 4.94. The van der Waals surface area contributed by atoms with Crippen LogP contribution in [0.2, 0.25) is 0 Å². The summed E-state index contributed by atoms with van der Waals surface area (Å²) in [6.07, 6.45) is 4.17. The van der Waals surface area contributed by atoms with Crippen molar-refractivity contribution < 1.29 is 12.8 Å². The monoisotopic (exact) mass is 314 g/mol. The zero-order valence-corrected chi connectivity index (χ0v) is 14.0. The second-order valence-electron chi connectivity index (χ2n) is 5.56. The van der Waals surface area contributed by atoms with Crippen LogP contribution in [0.5, 0.6) is 0 Å². The highest BCUT2D eigenvalue weighted by molar-refractivity contribution is 7.89. The minimum atomic E-state index is -3.46. The Morgan fingerprint density at radius 2 is 2.00 bits per heavy atom. The van der Waals surface area contributed by atoms with Crippen molar-refractivity contribution in [3.63, 3.8) is 0 Å². The van der Waals surface area contributed by atoms with Gasteiger partial charge in [-0.2, -0.15) is 4.31 Å². The van der Waals surface area contributed by atoms with E-state index < -0.39 is 10.0 Å². The van der Waals surface area contributed by atoms with Crippen LogP contribution in [-0.2, 0) is 16.6 Å². The van der Waals surface area contributed by atoms with Gasteiger partial charge >= 0.3 is 0 Å². The molecule has 1 aromatic rings. The molecule has 21 heavy (non-hydrogen) atoms. The lowest BCUT2D eigenvalue weighted by molar-refractivity contribution is 0.334. The van der Waals surface area contributed by atoms with Gasteiger partial charge in [-0.05, 0) is 26.3 Å². The minimum absolute atomic E-state index is 0.145. The fraction of sp³-hybridized carbons (Fsp3) is 0.733. The average molecular weight is 314 g/mol. The van der Waals surface area contributed by atoms with Gasteiger partial charge in [0.05, 0.1) is 6.54 Å². The van der Waals surface area contributed by atoms with Gasteiger partial charge in [-0.1, -0.05) is 26.7 Å². The number of sulfonamides is 1. The molecule has 1 aliphatic rings. The van der Waals surface area contributed by atoms with Crippen molar-refractivity contribution in [2.24, 2.45) is 0 Å². The minimum Gasteiger partial charge on any atom is -0.464 e. The summed E-state index contributed by atoms with van der Waals surface area (Å²) in [5, 5.41) is 3.15. The van der Waals surface area contributed by atoms with E-state index in [1.807, 2.05) is 13.8 Å². The predicted octanol–water partition coefficient (Wildman–Crippen LogP) is 2.65. The second-order valence-corrected chi connectivity index (χ2v) is 7.42. The van der Waals surface area contributed by atoms with Crippen LogP contribution in [0.4, 0.5) is 0 Å². The van der Waals surface area contributed by atoms with Crippen molar-refractivity contribution in [1.82, 2.24) is 9.62 Å². The molecule has 0 atom stereocenters. The molecule has 2 rings (SSSR count). The Hall–Kier alpha value is -0.850. The molecular weight excluding hydrogens is 288 g/mol. The summed E-state index contributed by atoms with van der Waals surface area (Å²) < 4.78 is 33.0. The van der Waals surface area contributed by atoms with Crippen LogP contribution in [0.1, 0.15) is 51.1 Å². The Morgan fingerprint density at radius 3 is 2.57 bits per heavy atom. The van der Waals surface area contributed by atoms with Gasteiger partial charge in [-0.25, -0.2) is 8.42 Å². The fourth-order valence-electron chi connectivity index (χ4n) is 3.06. The Labute approximate surface area is 127 Å². The van der Waals surface area contributed by atoms with Crippen LogP contribution in [0.3, 0.4) is 0 Å². The van der Waals surface area contributed by atoms with Crippen molar-refractivity contribution in [2.45, 2.75) is 63.9 Å². The first kappa shape index (κ1) is 16.5. The maximum absolute atomic E-state index is 12.9. The average Bonchev–Trinajstić information content (AvgIpc) is 3.07. The summed E-state index contributed by atoms with van der Waals surface area (Å²) in [6.45, 7) is 7.54. The molecule has 0 unspecified atom stereocenters. The molecule has 1 fully saturated rings. The Kier molecular flexibility index (Phi) is 5.46. The lowest BCUT2D eigenvalue weighted by Crippen LogP contribution is -2.38. The van der Waals surface area contributed by atoms with Crippen molar-refractivity contribution in [2.75, 3.05) is 13.1 Å². The molecule has 0 bridgehead atoms. The van der Waals surface area contributed by atoms with Crippen molar-refractivity contribution in [3.05, 3.63) is 17.6 Å². The summed E-state index contributed by atoms with van der Waals surface area (Å²) in [5.74, 6) is 1.16. The van der Waals surface area contributed by atoms with E-state index in [1.165, 1.54) is 0 Å². The molecule has 1 saturated carbocycles. The molecular formula is C15H26N2O3S. The van der Waals surface area contributed by atoms with Gasteiger partial charge in [0.1, 0.15) is 16.4 Å². The molecule has 120 valence electrons. The van der Waals surface area contributed by atoms with Gasteiger partial charge in [0.25, 0.3) is 0 Å². The van der Waals surface area contributed by atoms with Gasteiger partial charge in [0, 0.05) is 18.7 Å². The number of hydrogen-bond donors (Lipinski definition) is 1. The van der Waals surface area contributed by atoms with E-state index in [2.05, 4.69) is 5.32 Å². The molecule has 0 aliphatic heterocycles. The van der Waals surface area contributed by atoms with E-state index in [4.69, 9.17) is 4.42 Å².